The first kappa shape index (κ1) is 24.5. The molecule has 0 aliphatic carbocycles. The first-order valence-corrected chi connectivity index (χ1v) is 12.5. The molecule has 3 aromatic rings. The lowest BCUT2D eigenvalue weighted by Crippen LogP contribution is -2.48. The third-order valence-corrected chi connectivity index (χ3v) is 7.62. The van der Waals surface area contributed by atoms with E-state index in [0.717, 1.165) is 12.6 Å². The van der Waals surface area contributed by atoms with Crippen molar-refractivity contribution in [3.63, 3.8) is 0 Å². The van der Waals surface area contributed by atoms with E-state index in [-0.39, 0.29) is 16.0 Å². The fraction of sp³-hybridized carbons (Fsp3) is 0.200. The molecule has 1 heterocycles. The largest absolute Gasteiger partial charge is 0.296 e. The van der Waals surface area contributed by atoms with Gasteiger partial charge in [0.05, 0.1) is 4.90 Å². The van der Waals surface area contributed by atoms with Crippen LogP contribution in [0.5, 0.6) is 0 Å². The quantitative estimate of drug-likeness (QED) is 0.511. The van der Waals surface area contributed by atoms with Gasteiger partial charge in [0, 0.05) is 43.9 Å². The van der Waals surface area contributed by atoms with E-state index in [1.807, 2.05) is 30.3 Å². The summed E-state index contributed by atoms with van der Waals surface area (Å²) in [5.74, 6) is -1.88. The Labute approximate surface area is 203 Å². The van der Waals surface area contributed by atoms with Gasteiger partial charge in [0.15, 0.2) is 0 Å². The fourth-order valence-corrected chi connectivity index (χ4v) is 5.21. The molecule has 1 saturated heterocycles. The van der Waals surface area contributed by atoms with E-state index in [2.05, 4.69) is 15.8 Å². The number of piperazine rings is 1. The number of hydrogen-bond donors (Lipinski definition) is 2. The van der Waals surface area contributed by atoms with E-state index in [1.165, 1.54) is 52.3 Å². The predicted octanol–water partition coefficient (Wildman–Crippen LogP) is 2.41. The first-order chi connectivity index (χ1) is 16.8. The molecule has 2 amide bonds. The zero-order chi connectivity index (χ0) is 24.8. The van der Waals surface area contributed by atoms with Crippen LogP contribution in [0.4, 0.5) is 4.39 Å². The highest BCUT2D eigenvalue weighted by atomic mass is 32.2. The zero-order valence-electron chi connectivity index (χ0n) is 18.9. The van der Waals surface area contributed by atoms with Crippen molar-refractivity contribution in [1.29, 1.82) is 0 Å². The van der Waals surface area contributed by atoms with Crippen molar-refractivity contribution in [2.75, 3.05) is 26.2 Å². The van der Waals surface area contributed by atoms with Crippen LogP contribution >= 0.6 is 0 Å². The number of rotatable bonds is 6. The number of hydrazine groups is 1. The van der Waals surface area contributed by atoms with E-state index in [9.17, 15) is 22.4 Å². The number of carbonyl (C=O) groups is 2. The van der Waals surface area contributed by atoms with Crippen molar-refractivity contribution in [2.24, 2.45) is 0 Å². The Morgan fingerprint density at radius 1 is 0.771 bits per heavy atom. The van der Waals surface area contributed by atoms with Gasteiger partial charge in [-0.3, -0.25) is 25.3 Å². The van der Waals surface area contributed by atoms with Crippen LogP contribution < -0.4 is 10.9 Å². The molecule has 1 fully saturated rings. The molecule has 3 aromatic carbocycles. The van der Waals surface area contributed by atoms with Crippen molar-refractivity contribution in [3.05, 3.63) is 101 Å². The van der Waals surface area contributed by atoms with Gasteiger partial charge in [-0.25, -0.2) is 12.8 Å². The minimum Gasteiger partial charge on any atom is -0.296 e. The van der Waals surface area contributed by atoms with Gasteiger partial charge >= 0.3 is 0 Å². The maximum absolute atomic E-state index is 13.2. The summed E-state index contributed by atoms with van der Waals surface area (Å²) in [6.07, 6.45) is 0. The Morgan fingerprint density at radius 3 is 2.03 bits per heavy atom. The molecule has 0 radical (unpaired) electrons. The number of amides is 2. The summed E-state index contributed by atoms with van der Waals surface area (Å²) in [7, 11) is -3.70. The molecule has 0 bridgehead atoms. The fourth-order valence-electron chi connectivity index (χ4n) is 3.78. The highest BCUT2D eigenvalue weighted by Crippen LogP contribution is 2.19. The van der Waals surface area contributed by atoms with Crippen LogP contribution in [0.15, 0.2) is 83.8 Å². The number of halogens is 1. The minimum absolute atomic E-state index is 0.0515. The Balaban J connectivity index is 1.32. The second kappa shape index (κ2) is 10.8. The number of hydrogen-bond acceptors (Lipinski definition) is 5. The van der Waals surface area contributed by atoms with Gasteiger partial charge in [-0.05, 0) is 48.0 Å². The van der Waals surface area contributed by atoms with Gasteiger partial charge in [-0.1, -0.05) is 36.4 Å². The lowest BCUT2D eigenvalue weighted by molar-refractivity contribution is 0.0846. The third-order valence-electron chi connectivity index (χ3n) is 5.71. The molecule has 0 aromatic heterocycles. The lowest BCUT2D eigenvalue weighted by atomic mass is 10.2. The van der Waals surface area contributed by atoms with Crippen molar-refractivity contribution in [1.82, 2.24) is 20.1 Å². The maximum Gasteiger partial charge on any atom is 0.269 e. The van der Waals surface area contributed by atoms with Crippen LogP contribution in [-0.4, -0.2) is 55.6 Å². The summed E-state index contributed by atoms with van der Waals surface area (Å²) in [5.41, 5.74) is 5.84. The van der Waals surface area contributed by atoms with E-state index >= 15 is 0 Å². The maximum atomic E-state index is 13.2. The standard InChI is InChI=1S/C25H25FN4O4S/c26-22-8-4-7-21(17-22)25(32)28-27-24(31)20-9-11-23(12-10-20)35(33,34)30-15-13-29(14-16-30)18-19-5-2-1-3-6-19/h1-12,17H,13-16,18H2,(H,27,31)(H,28,32). The summed E-state index contributed by atoms with van der Waals surface area (Å²) in [6.45, 7) is 2.78. The molecule has 8 nitrogen and oxygen atoms in total. The van der Waals surface area contributed by atoms with Crippen LogP contribution in [0, 0.1) is 5.82 Å². The molecular weight excluding hydrogens is 471 g/mol. The number of nitrogens with one attached hydrogen (secondary N) is 2. The molecule has 1 aliphatic heterocycles. The van der Waals surface area contributed by atoms with Crippen LogP contribution in [0.3, 0.4) is 0 Å². The van der Waals surface area contributed by atoms with Crippen LogP contribution in [0.1, 0.15) is 26.3 Å². The third kappa shape index (κ3) is 6.10. The number of carbonyl (C=O) groups excluding carboxylic acids is 2. The number of benzene rings is 3. The number of sulfonamides is 1. The topological polar surface area (TPSA) is 98.8 Å². The van der Waals surface area contributed by atoms with Gasteiger partial charge < -0.3 is 0 Å². The van der Waals surface area contributed by atoms with Crippen molar-refractivity contribution < 1.29 is 22.4 Å². The van der Waals surface area contributed by atoms with E-state index in [1.54, 1.807) is 0 Å². The molecule has 0 saturated carbocycles. The Bertz CT molecular complexity index is 1290. The molecule has 182 valence electrons. The number of nitrogens with zero attached hydrogens (tertiary/aromatic N) is 2. The van der Waals surface area contributed by atoms with Gasteiger partial charge in [0.2, 0.25) is 10.0 Å². The second-order valence-electron chi connectivity index (χ2n) is 8.11. The second-order valence-corrected chi connectivity index (χ2v) is 10.0. The molecule has 10 heteroatoms. The molecule has 2 N–H and O–H groups in total. The van der Waals surface area contributed by atoms with E-state index in [4.69, 9.17) is 0 Å². The molecule has 1 aliphatic rings. The summed E-state index contributed by atoms with van der Waals surface area (Å²) >= 11 is 0. The molecule has 0 unspecified atom stereocenters. The zero-order valence-corrected chi connectivity index (χ0v) is 19.7. The smallest absolute Gasteiger partial charge is 0.269 e. The average Bonchev–Trinajstić information content (AvgIpc) is 2.88. The molecule has 35 heavy (non-hydrogen) atoms. The van der Waals surface area contributed by atoms with Crippen molar-refractivity contribution in [2.45, 2.75) is 11.4 Å². The summed E-state index contributed by atoms with van der Waals surface area (Å²) in [6, 6.07) is 20.6. The predicted molar refractivity (Wildman–Crippen MR) is 128 cm³/mol. The average molecular weight is 497 g/mol. The van der Waals surface area contributed by atoms with Crippen LogP contribution in [0.25, 0.3) is 0 Å². The lowest BCUT2D eigenvalue weighted by Gasteiger charge is -2.34. The Hall–Kier alpha value is -3.60. The van der Waals surface area contributed by atoms with Gasteiger partial charge in [-0.15, -0.1) is 0 Å². The van der Waals surface area contributed by atoms with Gasteiger partial charge in [0.25, 0.3) is 11.8 Å². The molecule has 0 spiro atoms. The summed E-state index contributed by atoms with van der Waals surface area (Å²) in [5, 5.41) is 0. The van der Waals surface area contributed by atoms with Gasteiger partial charge in [-0.2, -0.15) is 4.31 Å². The van der Waals surface area contributed by atoms with E-state index < -0.39 is 27.7 Å². The SMILES string of the molecule is O=C(NNC(=O)c1cccc(F)c1)c1ccc(S(=O)(=O)N2CCN(Cc3ccccc3)CC2)cc1. The monoisotopic (exact) mass is 496 g/mol. The molecule has 0 atom stereocenters. The minimum atomic E-state index is -3.70. The van der Waals surface area contributed by atoms with Gasteiger partial charge in [0.1, 0.15) is 5.82 Å². The first-order valence-electron chi connectivity index (χ1n) is 11.1. The summed E-state index contributed by atoms with van der Waals surface area (Å²) < 4.78 is 40.8. The van der Waals surface area contributed by atoms with Crippen LogP contribution in [0.2, 0.25) is 0 Å². The van der Waals surface area contributed by atoms with Crippen molar-refractivity contribution in [3.8, 4) is 0 Å². The Morgan fingerprint density at radius 2 is 1.40 bits per heavy atom. The van der Waals surface area contributed by atoms with E-state index in [0.29, 0.717) is 26.2 Å². The summed E-state index contributed by atoms with van der Waals surface area (Å²) in [4.78, 5) is 26.7. The van der Waals surface area contributed by atoms with Crippen LogP contribution in [-0.2, 0) is 16.6 Å². The highest BCUT2D eigenvalue weighted by Gasteiger charge is 2.28. The molecule has 4 rings (SSSR count). The highest BCUT2D eigenvalue weighted by molar-refractivity contribution is 7.89. The van der Waals surface area contributed by atoms with Crippen molar-refractivity contribution >= 4 is 21.8 Å². The Kier molecular flexibility index (Phi) is 7.54. The molecular formula is C25H25FN4O4S. The normalized spacial score (nSPS) is 14.9.